The molecule has 0 aliphatic carbocycles. The van der Waals surface area contributed by atoms with E-state index in [1.807, 2.05) is 13.0 Å². The molecule has 0 saturated carbocycles. The Balaban J connectivity index is 2.56. The van der Waals surface area contributed by atoms with Gasteiger partial charge in [-0.1, -0.05) is 20.3 Å². The van der Waals surface area contributed by atoms with Gasteiger partial charge in [0.1, 0.15) is 12.4 Å². The zero-order valence-corrected chi connectivity index (χ0v) is 12.0. The molecule has 1 atom stereocenters. The van der Waals surface area contributed by atoms with Gasteiger partial charge in [0.25, 0.3) is 0 Å². The zero-order valence-electron chi connectivity index (χ0n) is 12.0. The minimum Gasteiger partial charge on any atom is -0.371 e. The molecule has 0 aliphatic heterocycles. The number of anilines is 1. The predicted molar refractivity (Wildman–Crippen MR) is 74.7 cm³/mol. The SMILES string of the molecule is CCCNc1cc(C)nc(COC(C)CCC)n1. The van der Waals surface area contributed by atoms with Crippen LogP contribution >= 0.6 is 0 Å². The third-order valence-corrected chi connectivity index (χ3v) is 2.65. The molecule has 0 saturated heterocycles. The number of nitrogens with zero attached hydrogens (tertiary/aromatic N) is 2. The normalized spacial score (nSPS) is 12.4. The molecule has 0 aromatic carbocycles. The van der Waals surface area contributed by atoms with Crippen LogP contribution in [0.1, 0.15) is 51.6 Å². The van der Waals surface area contributed by atoms with Gasteiger partial charge in [-0.05, 0) is 26.7 Å². The van der Waals surface area contributed by atoms with Crippen LogP contribution in [0, 0.1) is 6.92 Å². The highest BCUT2D eigenvalue weighted by Crippen LogP contribution is 2.09. The minimum atomic E-state index is 0.270. The molecule has 0 aliphatic rings. The zero-order chi connectivity index (χ0) is 13.4. The van der Waals surface area contributed by atoms with E-state index >= 15 is 0 Å². The highest BCUT2D eigenvalue weighted by Gasteiger charge is 2.05. The Morgan fingerprint density at radius 1 is 1.28 bits per heavy atom. The molecule has 4 nitrogen and oxygen atoms in total. The monoisotopic (exact) mass is 251 g/mol. The standard InChI is InChI=1S/C14H25N3O/c1-5-7-12(4)18-10-14-16-11(3)9-13(17-14)15-8-6-2/h9,12H,5-8,10H2,1-4H3,(H,15,16,17). The van der Waals surface area contributed by atoms with Crippen molar-refractivity contribution in [2.45, 2.75) is 59.7 Å². The number of rotatable bonds is 8. The Kier molecular flexibility index (Phi) is 6.65. The fourth-order valence-corrected chi connectivity index (χ4v) is 1.74. The molecular weight excluding hydrogens is 226 g/mol. The van der Waals surface area contributed by atoms with E-state index in [1.165, 1.54) is 0 Å². The Morgan fingerprint density at radius 3 is 2.72 bits per heavy atom. The minimum absolute atomic E-state index is 0.270. The van der Waals surface area contributed by atoms with E-state index in [4.69, 9.17) is 4.74 Å². The largest absolute Gasteiger partial charge is 0.371 e. The lowest BCUT2D eigenvalue weighted by molar-refractivity contribution is 0.0431. The van der Waals surface area contributed by atoms with E-state index in [-0.39, 0.29) is 6.10 Å². The first-order chi connectivity index (χ1) is 8.65. The molecule has 0 bridgehead atoms. The molecule has 0 radical (unpaired) electrons. The Labute approximate surface area is 110 Å². The molecule has 0 spiro atoms. The number of aryl methyl sites for hydroxylation is 1. The summed E-state index contributed by atoms with van der Waals surface area (Å²) in [5, 5.41) is 3.28. The van der Waals surface area contributed by atoms with Crippen molar-refractivity contribution in [1.29, 1.82) is 0 Å². The van der Waals surface area contributed by atoms with Crippen LogP contribution in [0.2, 0.25) is 0 Å². The topological polar surface area (TPSA) is 47.0 Å². The molecular formula is C14H25N3O. The maximum absolute atomic E-state index is 5.73. The number of hydrogen-bond acceptors (Lipinski definition) is 4. The van der Waals surface area contributed by atoms with Crippen molar-refractivity contribution in [3.8, 4) is 0 Å². The lowest BCUT2D eigenvalue weighted by atomic mass is 10.2. The molecule has 4 heteroatoms. The van der Waals surface area contributed by atoms with E-state index in [0.29, 0.717) is 6.61 Å². The maximum Gasteiger partial charge on any atom is 0.156 e. The molecule has 18 heavy (non-hydrogen) atoms. The second-order valence-electron chi connectivity index (χ2n) is 4.65. The van der Waals surface area contributed by atoms with Crippen molar-refractivity contribution in [3.05, 3.63) is 17.6 Å². The second kappa shape index (κ2) is 8.03. The molecule has 1 aromatic heterocycles. The van der Waals surface area contributed by atoms with Gasteiger partial charge < -0.3 is 10.1 Å². The van der Waals surface area contributed by atoms with Crippen LogP contribution in [-0.2, 0) is 11.3 Å². The van der Waals surface area contributed by atoms with Crippen molar-refractivity contribution < 1.29 is 4.74 Å². The highest BCUT2D eigenvalue weighted by molar-refractivity contribution is 5.35. The van der Waals surface area contributed by atoms with E-state index in [2.05, 4.69) is 36.1 Å². The average Bonchev–Trinajstić information content (AvgIpc) is 2.34. The smallest absolute Gasteiger partial charge is 0.156 e. The fraction of sp³-hybridized carbons (Fsp3) is 0.714. The molecule has 1 rings (SSSR count). The fourth-order valence-electron chi connectivity index (χ4n) is 1.74. The summed E-state index contributed by atoms with van der Waals surface area (Å²) in [6.45, 7) is 9.80. The van der Waals surface area contributed by atoms with Gasteiger partial charge in [-0.25, -0.2) is 9.97 Å². The van der Waals surface area contributed by atoms with Gasteiger partial charge in [0.05, 0.1) is 6.10 Å². The molecule has 1 N–H and O–H groups in total. The van der Waals surface area contributed by atoms with Crippen LogP contribution in [0.15, 0.2) is 6.07 Å². The van der Waals surface area contributed by atoms with E-state index in [9.17, 15) is 0 Å². The third kappa shape index (κ3) is 5.45. The van der Waals surface area contributed by atoms with Crippen LogP contribution < -0.4 is 5.32 Å². The summed E-state index contributed by atoms with van der Waals surface area (Å²) < 4.78 is 5.73. The maximum atomic E-state index is 5.73. The highest BCUT2D eigenvalue weighted by atomic mass is 16.5. The number of aromatic nitrogens is 2. The summed E-state index contributed by atoms with van der Waals surface area (Å²) in [6, 6.07) is 1.97. The van der Waals surface area contributed by atoms with Crippen molar-refractivity contribution in [3.63, 3.8) is 0 Å². The van der Waals surface area contributed by atoms with E-state index in [0.717, 1.165) is 43.1 Å². The summed E-state index contributed by atoms with van der Waals surface area (Å²) in [6.07, 6.45) is 3.57. The summed E-state index contributed by atoms with van der Waals surface area (Å²) in [5.74, 6) is 1.66. The summed E-state index contributed by atoms with van der Waals surface area (Å²) >= 11 is 0. The van der Waals surface area contributed by atoms with Crippen LogP contribution in [0.25, 0.3) is 0 Å². The van der Waals surface area contributed by atoms with Gasteiger partial charge in [-0.3, -0.25) is 0 Å². The lowest BCUT2D eigenvalue weighted by Crippen LogP contribution is -2.11. The quantitative estimate of drug-likeness (QED) is 0.770. The second-order valence-corrected chi connectivity index (χ2v) is 4.65. The molecule has 102 valence electrons. The van der Waals surface area contributed by atoms with Gasteiger partial charge in [0.15, 0.2) is 5.82 Å². The van der Waals surface area contributed by atoms with Crippen LogP contribution in [0.4, 0.5) is 5.82 Å². The Hall–Kier alpha value is -1.16. The third-order valence-electron chi connectivity index (χ3n) is 2.65. The average molecular weight is 251 g/mol. The Morgan fingerprint density at radius 2 is 2.06 bits per heavy atom. The summed E-state index contributed by atoms with van der Waals surface area (Å²) in [7, 11) is 0. The van der Waals surface area contributed by atoms with Crippen LogP contribution in [0.3, 0.4) is 0 Å². The van der Waals surface area contributed by atoms with E-state index in [1.54, 1.807) is 0 Å². The first-order valence-corrected chi connectivity index (χ1v) is 6.85. The van der Waals surface area contributed by atoms with Gasteiger partial charge in [-0.15, -0.1) is 0 Å². The molecule has 1 heterocycles. The first-order valence-electron chi connectivity index (χ1n) is 6.85. The van der Waals surface area contributed by atoms with Gasteiger partial charge in [0, 0.05) is 18.3 Å². The van der Waals surface area contributed by atoms with E-state index < -0.39 is 0 Å². The number of ether oxygens (including phenoxy) is 1. The van der Waals surface area contributed by atoms with Gasteiger partial charge >= 0.3 is 0 Å². The molecule has 1 aromatic rings. The van der Waals surface area contributed by atoms with Gasteiger partial charge in [-0.2, -0.15) is 0 Å². The van der Waals surface area contributed by atoms with Crippen molar-refractivity contribution in [2.75, 3.05) is 11.9 Å². The molecule has 0 amide bonds. The molecule has 1 unspecified atom stereocenters. The number of hydrogen-bond donors (Lipinski definition) is 1. The van der Waals surface area contributed by atoms with Crippen molar-refractivity contribution in [2.24, 2.45) is 0 Å². The van der Waals surface area contributed by atoms with Crippen LogP contribution in [0.5, 0.6) is 0 Å². The first kappa shape index (κ1) is 14.9. The van der Waals surface area contributed by atoms with Crippen molar-refractivity contribution >= 4 is 5.82 Å². The molecule has 0 fully saturated rings. The Bertz CT molecular complexity index is 355. The summed E-state index contributed by atoms with van der Waals surface area (Å²) in [5.41, 5.74) is 0.977. The predicted octanol–water partition coefficient (Wildman–Crippen LogP) is 3.31. The van der Waals surface area contributed by atoms with Gasteiger partial charge in [0.2, 0.25) is 0 Å². The van der Waals surface area contributed by atoms with Crippen molar-refractivity contribution in [1.82, 2.24) is 9.97 Å². The number of nitrogens with one attached hydrogen (secondary N) is 1. The van der Waals surface area contributed by atoms with Crippen LogP contribution in [-0.4, -0.2) is 22.6 Å². The lowest BCUT2D eigenvalue weighted by Gasteiger charge is -2.12. The summed E-state index contributed by atoms with van der Waals surface area (Å²) in [4.78, 5) is 8.85.